The topological polar surface area (TPSA) is 40.5 Å². The van der Waals surface area contributed by atoms with Crippen molar-refractivity contribution in [2.45, 2.75) is 45.1 Å². The molecule has 2 aliphatic rings. The smallest absolute Gasteiger partial charge is 0.303 e. The van der Waals surface area contributed by atoms with Crippen molar-refractivity contribution in [3.8, 4) is 0 Å². The lowest BCUT2D eigenvalue weighted by Gasteiger charge is -2.40. The Hall–Kier alpha value is -0.570. The number of piperidine rings is 1. The number of hydrogen-bond acceptors (Lipinski definition) is 2. The zero-order chi connectivity index (χ0) is 10.8. The average Bonchev–Trinajstić information content (AvgIpc) is 3.00. The Morgan fingerprint density at radius 1 is 1.40 bits per heavy atom. The van der Waals surface area contributed by atoms with E-state index in [2.05, 4.69) is 11.8 Å². The standard InChI is InChI=1S/C12H21NO2/c1-2-13-7-3-4-10(8-11(14)15)12(13)9-5-6-9/h9-10,12H,2-8H2,1H3,(H,14,15)/t10-,12-/m0/s1. The van der Waals surface area contributed by atoms with E-state index in [1.807, 2.05) is 0 Å². The maximum Gasteiger partial charge on any atom is 0.303 e. The van der Waals surface area contributed by atoms with Crippen molar-refractivity contribution in [3.63, 3.8) is 0 Å². The maximum absolute atomic E-state index is 10.8. The minimum absolute atomic E-state index is 0.373. The van der Waals surface area contributed by atoms with E-state index in [0.717, 1.165) is 18.9 Å². The number of carboxylic acids is 1. The summed E-state index contributed by atoms with van der Waals surface area (Å²) in [5, 5.41) is 8.93. The zero-order valence-corrected chi connectivity index (χ0v) is 9.48. The molecule has 2 fully saturated rings. The van der Waals surface area contributed by atoms with Crippen LogP contribution in [0.15, 0.2) is 0 Å². The lowest BCUT2D eigenvalue weighted by molar-refractivity contribution is -0.139. The molecule has 1 saturated carbocycles. The average molecular weight is 211 g/mol. The van der Waals surface area contributed by atoms with E-state index in [1.165, 1.54) is 25.8 Å². The molecule has 1 heterocycles. The normalized spacial score (nSPS) is 32.9. The highest BCUT2D eigenvalue weighted by Gasteiger charge is 2.41. The summed E-state index contributed by atoms with van der Waals surface area (Å²) >= 11 is 0. The van der Waals surface area contributed by atoms with Gasteiger partial charge in [-0.1, -0.05) is 6.92 Å². The van der Waals surface area contributed by atoms with Crippen LogP contribution in [0.25, 0.3) is 0 Å². The Morgan fingerprint density at radius 2 is 2.13 bits per heavy atom. The van der Waals surface area contributed by atoms with Crippen molar-refractivity contribution >= 4 is 5.97 Å². The number of likely N-dealkylation sites (tertiary alicyclic amines) is 1. The molecule has 1 aliphatic carbocycles. The third-order valence-electron chi connectivity index (χ3n) is 3.87. The third-order valence-corrected chi connectivity index (χ3v) is 3.87. The molecular formula is C12H21NO2. The van der Waals surface area contributed by atoms with Crippen molar-refractivity contribution < 1.29 is 9.90 Å². The van der Waals surface area contributed by atoms with E-state index < -0.39 is 5.97 Å². The van der Waals surface area contributed by atoms with Gasteiger partial charge in [0.25, 0.3) is 0 Å². The van der Waals surface area contributed by atoms with Crippen LogP contribution in [0.4, 0.5) is 0 Å². The minimum atomic E-state index is -0.622. The van der Waals surface area contributed by atoms with Gasteiger partial charge < -0.3 is 10.0 Å². The summed E-state index contributed by atoms with van der Waals surface area (Å²) in [5.41, 5.74) is 0. The molecule has 0 aromatic rings. The van der Waals surface area contributed by atoms with Crippen molar-refractivity contribution in [1.29, 1.82) is 0 Å². The molecular weight excluding hydrogens is 190 g/mol. The molecule has 0 bridgehead atoms. The van der Waals surface area contributed by atoms with Crippen LogP contribution in [0, 0.1) is 11.8 Å². The first kappa shape index (κ1) is 10.9. The van der Waals surface area contributed by atoms with E-state index >= 15 is 0 Å². The minimum Gasteiger partial charge on any atom is -0.481 e. The second kappa shape index (κ2) is 4.52. The van der Waals surface area contributed by atoms with E-state index in [1.54, 1.807) is 0 Å². The predicted molar refractivity (Wildman–Crippen MR) is 58.7 cm³/mol. The summed E-state index contributed by atoms with van der Waals surface area (Å²) in [6.45, 7) is 4.45. The summed E-state index contributed by atoms with van der Waals surface area (Å²) in [4.78, 5) is 13.3. The molecule has 0 spiro atoms. The molecule has 0 radical (unpaired) electrons. The first-order valence-corrected chi connectivity index (χ1v) is 6.18. The van der Waals surface area contributed by atoms with Gasteiger partial charge in [-0.25, -0.2) is 0 Å². The Balaban J connectivity index is 2.02. The van der Waals surface area contributed by atoms with Crippen LogP contribution in [0.1, 0.15) is 39.0 Å². The van der Waals surface area contributed by atoms with Gasteiger partial charge in [-0.3, -0.25) is 4.79 Å². The van der Waals surface area contributed by atoms with Gasteiger partial charge in [0.15, 0.2) is 0 Å². The highest BCUT2D eigenvalue weighted by Crippen LogP contribution is 2.42. The number of carboxylic acid groups (broad SMARTS) is 1. The van der Waals surface area contributed by atoms with Gasteiger partial charge >= 0.3 is 5.97 Å². The fraction of sp³-hybridized carbons (Fsp3) is 0.917. The fourth-order valence-electron chi connectivity index (χ4n) is 3.11. The number of hydrogen-bond donors (Lipinski definition) is 1. The van der Waals surface area contributed by atoms with E-state index in [9.17, 15) is 4.79 Å². The molecule has 0 amide bonds. The Labute approximate surface area is 91.5 Å². The number of nitrogens with zero attached hydrogens (tertiary/aromatic N) is 1. The lowest BCUT2D eigenvalue weighted by Crippen LogP contribution is -2.47. The summed E-state index contributed by atoms with van der Waals surface area (Å²) in [5.74, 6) is 0.585. The van der Waals surface area contributed by atoms with Gasteiger partial charge in [-0.15, -0.1) is 0 Å². The van der Waals surface area contributed by atoms with E-state index in [4.69, 9.17) is 5.11 Å². The summed E-state index contributed by atoms with van der Waals surface area (Å²) < 4.78 is 0. The third kappa shape index (κ3) is 2.51. The van der Waals surface area contributed by atoms with Crippen molar-refractivity contribution in [3.05, 3.63) is 0 Å². The monoisotopic (exact) mass is 211 g/mol. The van der Waals surface area contributed by atoms with Crippen LogP contribution in [-0.4, -0.2) is 35.1 Å². The Kier molecular flexibility index (Phi) is 3.29. The molecule has 1 saturated heterocycles. The van der Waals surface area contributed by atoms with Crippen LogP contribution in [0.2, 0.25) is 0 Å². The number of carbonyl (C=O) groups is 1. The molecule has 15 heavy (non-hydrogen) atoms. The molecule has 2 atom stereocenters. The predicted octanol–water partition coefficient (Wildman–Crippen LogP) is 1.97. The van der Waals surface area contributed by atoms with Crippen LogP contribution in [-0.2, 0) is 4.79 Å². The van der Waals surface area contributed by atoms with E-state index in [-0.39, 0.29) is 0 Å². The van der Waals surface area contributed by atoms with Crippen LogP contribution < -0.4 is 0 Å². The SMILES string of the molecule is CCN1CCC[C@@H](CC(=O)O)[C@@H]1C1CC1. The summed E-state index contributed by atoms with van der Waals surface area (Å²) in [7, 11) is 0. The second-order valence-corrected chi connectivity index (χ2v) is 4.96. The van der Waals surface area contributed by atoms with Crippen molar-refractivity contribution in [2.75, 3.05) is 13.1 Å². The molecule has 1 aliphatic heterocycles. The van der Waals surface area contributed by atoms with Gasteiger partial charge in [0.05, 0.1) is 0 Å². The summed E-state index contributed by atoms with van der Waals surface area (Å²) in [6.07, 6.45) is 5.30. The van der Waals surface area contributed by atoms with Crippen LogP contribution in [0.3, 0.4) is 0 Å². The number of aliphatic carboxylic acids is 1. The van der Waals surface area contributed by atoms with Crippen LogP contribution >= 0.6 is 0 Å². The van der Waals surface area contributed by atoms with Crippen molar-refractivity contribution in [2.24, 2.45) is 11.8 Å². The molecule has 86 valence electrons. The van der Waals surface area contributed by atoms with Gasteiger partial charge in [0, 0.05) is 12.5 Å². The second-order valence-electron chi connectivity index (χ2n) is 4.96. The van der Waals surface area contributed by atoms with Gasteiger partial charge in [0.1, 0.15) is 0 Å². The van der Waals surface area contributed by atoms with Gasteiger partial charge in [0.2, 0.25) is 0 Å². The fourth-order valence-corrected chi connectivity index (χ4v) is 3.11. The zero-order valence-electron chi connectivity index (χ0n) is 9.48. The Bertz CT molecular complexity index is 238. The van der Waals surface area contributed by atoms with Gasteiger partial charge in [-0.05, 0) is 50.6 Å². The first-order valence-electron chi connectivity index (χ1n) is 6.18. The highest BCUT2D eigenvalue weighted by atomic mass is 16.4. The molecule has 2 rings (SSSR count). The molecule has 3 heteroatoms. The quantitative estimate of drug-likeness (QED) is 0.773. The molecule has 0 aromatic carbocycles. The first-order chi connectivity index (χ1) is 7.22. The lowest BCUT2D eigenvalue weighted by atomic mass is 9.84. The van der Waals surface area contributed by atoms with Crippen LogP contribution in [0.5, 0.6) is 0 Å². The van der Waals surface area contributed by atoms with Crippen molar-refractivity contribution in [1.82, 2.24) is 4.90 Å². The van der Waals surface area contributed by atoms with E-state index in [0.29, 0.717) is 18.4 Å². The molecule has 0 unspecified atom stereocenters. The van der Waals surface area contributed by atoms with Gasteiger partial charge in [-0.2, -0.15) is 0 Å². The maximum atomic E-state index is 10.8. The number of rotatable bonds is 4. The summed E-state index contributed by atoms with van der Waals surface area (Å²) in [6, 6.07) is 0.569. The molecule has 0 aromatic heterocycles. The molecule has 3 nitrogen and oxygen atoms in total. The molecule has 1 N–H and O–H groups in total. The highest BCUT2D eigenvalue weighted by molar-refractivity contribution is 5.67. The largest absolute Gasteiger partial charge is 0.481 e. The Morgan fingerprint density at radius 3 is 2.67 bits per heavy atom.